The minimum Gasteiger partial charge on any atom is -0.453 e. The van der Waals surface area contributed by atoms with E-state index in [-0.39, 0.29) is 11.7 Å². The minimum atomic E-state index is -0.539. The van der Waals surface area contributed by atoms with Crippen molar-refractivity contribution in [2.75, 3.05) is 5.32 Å². The van der Waals surface area contributed by atoms with E-state index in [9.17, 15) is 9.18 Å². The number of hydrogen-bond acceptors (Lipinski definition) is 5. The molecule has 0 bridgehead atoms. The maximum Gasteiger partial charge on any atom is 0.248 e. The Kier molecular flexibility index (Phi) is 5.03. The third-order valence-corrected chi connectivity index (χ3v) is 4.01. The summed E-state index contributed by atoms with van der Waals surface area (Å²) in [5, 5.41) is 2.73. The van der Waals surface area contributed by atoms with E-state index in [2.05, 4.69) is 15.3 Å². The fourth-order valence-electron chi connectivity index (χ4n) is 2.71. The summed E-state index contributed by atoms with van der Waals surface area (Å²) < 4.78 is 25.2. The van der Waals surface area contributed by atoms with Gasteiger partial charge in [0, 0.05) is 31.0 Å². The van der Waals surface area contributed by atoms with Gasteiger partial charge in [0.25, 0.3) is 0 Å². The monoisotopic (exact) mass is 389 g/mol. The van der Waals surface area contributed by atoms with Crippen LogP contribution in [-0.4, -0.2) is 15.9 Å². The molecule has 0 aliphatic rings. The number of halogens is 1. The summed E-state index contributed by atoms with van der Waals surface area (Å²) in [6.45, 7) is 1.76. The van der Waals surface area contributed by atoms with Crippen LogP contribution in [0.3, 0.4) is 0 Å². The lowest BCUT2D eigenvalue weighted by molar-refractivity contribution is -0.111. The number of carbonyl (C=O) groups excluding carboxylic acids is 1. The van der Waals surface area contributed by atoms with E-state index in [0.29, 0.717) is 28.5 Å². The van der Waals surface area contributed by atoms with Crippen molar-refractivity contribution < 1.29 is 18.3 Å². The maximum atomic E-state index is 14.3. The molecule has 2 aromatic heterocycles. The van der Waals surface area contributed by atoms with E-state index in [4.69, 9.17) is 9.15 Å². The molecule has 0 fully saturated rings. The number of aromatic nitrogens is 2. The molecule has 0 spiro atoms. The molecule has 1 amide bonds. The highest BCUT2D eigenvalue weighted by Crippen LogP contribution is 2.25. The van der Waals surface area contributed by atoms with Gasteiger partial charge in [-0.15, -0.1) is 0 Å². The molecule has 0 aliphatic heterocycles. The van der Waals surface area contributed by atoms with Crippen molar-refractivity contribution in [2.24, 2.45) is 0 Å². The van der Waals surface area contributed by atoms with Crippen LogP contribution in [0, 0.1) is 12.7 Å². The van der Waals surface area contributed by atoms with Crippen molar-refractivity contribution in [3.63, 3.8) is 0 Å². The van der Waals surface area contributed by atoms with Crippen LogP contribution in [-0.2, 0) is 4.79 Å². The molecule has 2 heterocycles. The number of aryl methyl sites for hydroxylation is 1. The van der Waals surface area contributed by atoms with Gasteiger partial charge in [0.1, 0.15) is 11.3 Å². The number of fused-ring (bicyclic) bond motifs is 1. The highest BCUT2D eigenvalue weighted by atomic mass is 19.1. The second-order valence-corrected chi connectivity index (χ2v) is 6.22. The minimum absolute atomic E-state index is 0.0789. The Morgan fingerprint density at radius 2 is 2.10 bits per heavy atom. The SMILES string of the molecule is Cc1nc2ccc(NC(=O)/C=C/c3ccc(Oc4cccnc4)c(F)c3)cc2o1. The van der Waals surface area contributed by atoms with E-state index >= 15 is 0 Å². The number of nitrogens with zero attached hydrogens (tertiary/aromatic N) is 2. The molecule has 0 unspecified atom stereocenters. The van der Waals surface area contributed by atoms with Gasteiger partial charge in [0.05, 0.1) is 6.20 Å². The average Bonchev–Trinajstić information content (AvgIpc) is 3.08. The van der Waals surface area contributed by atoms with Crippen molar-refractivity contribution in [2.45, 2.75) is 6.92 Å². The summed E-state index contributed by atoms with van der Waals surface area (Å²) >= 11 is 0. The second kappa shape index (κ2) is 7.93. The van der Waals surface area contributed by atoms with Crippen molar-refractivity contribution in [3.8, 4) is 11.5 Å². The molecule has 4 aromatic rings. The molecule has 7 heteroatoms. The number of rotatable bonds is 5. The fraction of sp³-hybridized carbons (Fsp3) is 0.0455. The Bertz CT molecular complexity index is 1200. The lowest BCUT2D eigenvalue weighted by atomic mass is 10.2. The zero-order valence-electron chi connectivity index (χ0n) is 15.4. The molecule has 2 aromatic carbocycles. The predicted octanol–water partition coefficient (Wildman–Crippen LogP) is 5.11. The number of benzene rings is 2. The standard InChI is InChI=1S/C22H16FN3O3/c1-14-25-19-7-6-16(12-21(19)28-14)26-22(27)9-5-15-4-8-20(18(23)11-15)29-17-3-2-10-24-13-17/h2-13H,1H3,(H,26,27)/b9-5+. The predicted molar refractivity (Wildman–Crippen MR) is 107 cm³/mol. The Morgan fingerprint density at radius 1 is 1.21 bits per heavy atom. The summed E-state index contributed by atoms with van der Waals surface area (Å²) in [6.07, 6.45) is 5.94. The second-order valence-electron chi connectivity index (χ2n) is 6.22. The highest BCUT2D eigenvalue weighted by Gasteiger charge is 2.07. The summed E-state index contributed by atoms with van der Waals surface area (Å²) in [7, 11) is 0. The summed E-state index contributed by atoms with van der Waals surface area (Å²) in [6, 6.07) is 13.0. The Hall–Kier alpha value is -4.00. The van der Waals surface area contributed by atoms with E-state index < -0.39 is 5.82 Å². The molecule has 4 rings (SSSR count). The molecule has 0 radical (unpaired) electrons. The van der Waals surface area contributed by atoms with Crippen LogP contribution in [0.2, 0.25) is 0 Å². The number of oxazole rings is 1. The lowest BCUT2D eigenvalue weighted by Crippen LogP contribution is -2.07. The van der Waals surface area contributed by atoms with E-state index in [1.807, 2.05) is 0 Å². The Morgan fingerprint density at radius 3 is 2.90 bits per heavy atom. The number of hydrogen-bond donors (Lipinski definition) is 1. The van der Waals surface area contributed by atoms with E-state index in [0.717, 1.165) is 5.52 Å². The maximum absolute atomic E-state index is 14.3. The third-order valence-electron chi connectivity index (χ3n) is 4.01. The summed E-state index contributed by atoms with van der Waals surface area (Å²) in [4.78, 5) is 20.3. The molecule has 1 N–H and O–H groups in total. The molecule has 6 nitrogen and oxygen atoms in total. The van der Waals surface area contributed by atoms with Crippen molar-refractivity contribution in [1.29, 1.82) is 0 Å². The normalized spacial score (nSPS) is 11.1. The summed E-state index contributed by atoms with van der Waals surface area (Å²) in [5.74, 6) is 0.184. The van der Waals surface area contributed by atoms with Gasteiger partial charge in [-0.25, -0.2) is 9.37 Å². The largest absolute Gasteiger partial charge is 0.453 e. The Labute approximate surface area is 165 Å². The third kappa shape index (κ3) is 4.47. The Balaban J connectivity index is 1.42. The number of amides is 1. The van der Waals surface area contributed by atoms with Crippen LogP contribution >= 0.6 is 0 Å². The van der Waals surface area contributed by atoms with Crippen LogP contribution in [0.25, 0.3) is 17.2 Å². The number of nitrogens with one attached hydrogen (secondary N) is 1. The smallest absolute Gasteiger partial charge is 0.248 e. The van der Waals surface area contributed by atoms with Gasteiger partial charge < -0.3 is 14.5 Å². The van der Waals surface area contributed by atoms with Crippen LogP contribution < -0.4 is 10.1 Å². The lowest BCUT2D eigenvalue weighted by Gasteiger charge is -2.06. The number of anilines is 1. The van der Waals surface area contributed by atoms with E-state index in [1.54, 1.807) is 49.5 Å². The molecule has 0 saturated carbocycles. The van der Waals surface area contributed by atoms with Gasteiger partial charge in [-0.05, 0) is 48.0 Å². The molecule has 0 atom stereocenters. The number of carbonyl (C=O) groups is 1. The first kappa shape index (κ1) is 18.4. The average molecular weight is 389 g/mol. The highest BCUT2D eigenvalue weighted by molar-refractivity contribution is 6.02. The fourth-order valence-corrected chi connectivity index (χ4v) is 2.71. The van der Waals surface area contributed by atoms with Gasteiger partial charge >= 0.3 is 0 Å². The van der Waals surface area contributed by atoms with Crippen LogP contribution in [0.1, 0.15) is 11.5 Å². The zero-order valence-corrected chi connectivity index (χ0v) is 15.4. The van der Waals surface area contributed by atoms with Crippen LogP contribution in [0.15, 0.2) is 71.4 Å². The topological polar surface area (TPSA) is 77.2 Å². The van der Waals surface area contributed by atoms with Gasteiger partial charge in [0.15, 0.2) is 23.0 Å². The van der Waals surface area contributed by atoms with Crippen LogP contribution in [0.4, 0.5) is 10.1 Å². The quantitative estimate of drug-likeness (QED) is 0.480. The molecular weight excluding hydrogens is 373 g/mol. The first-order valence-corrected chi connectivity index (χ1v) is 8.80. The van der Waals surface area contributed by atoms with Crippen LogP contribution in [0.5, 0.6) is 11.5 Å². The molecule has 29 heavy (non-hydrogen) atoms. The molecule has 144 valence electrons. The van der Waals surface area contributed by atoms with Gasteiger partial charge in [0.2, 0.25) is 5.91 Å². The van der Waals surface area contributed by atoms with E-state index in [1.165, 1.54) is 30.5 Å². The molecule has 0 aliphatic carbocycles. The number of pyridine rings is 1. The van der Waals surface area contributed by atoms with Crippen molar-refractivity contribution >= 4 is 28.8 Å². The van der Waals surface area contributed by atoms with Gasteiger partial charge in [-0.2, -0.15) is 0 Å². The number of ether oxygens (including phenoxy) is 1. The van der Waals surface area contributed by atoms with Crippen molar-refractivity contribution in [3.05, 3.63) is 84.3 Å². The molecule has 0 saturated heterocycles. The first-order valence-electron chi connectivity index (χ1n) is 8.80. The summed E-state index contributed by atoms with van der Waals surface area (Å²) in [5.41, 5.74) is 2.42. The van der Waals surface area contributed by atoms with Crippen molar-refractivity contribution in [1.82, 2.24) is 9.97 Å². The zero-order chi connectivity index (χ0) is 20.2. The van der Waals surface area contributed by atoms with Gasteiger partial charge in [-0.1, -0.05) is 6.07 Å². The van der Waals surface area contributed by atoms with Gasteiger partial charge in [-0.3, -0.25) is 9.78 Å². The first-order chi connectivity index (χ1) is 14.1. The molecular formula is C22H16FN3O3.